The molecule has 0 aliphatic heterocycles. The average molecular weight is 619 g/mol. The van der Waals surface area contributed by atoms with Gasteiger partial charge in [0.25, 0.3) is 5.91 Å². The number of rotatable bonds is 8. The Kier molecular flexibility index (Phi) is 8.51. The fraction of sp³-hybridized carbons (Fsp3) is 0.0333. The Morgan fingerprint density at radius 2 is 1.54 bits per heavy atom. The van der Waals surface area contributed by atoms with E-state index in [1.54, 1.807) is 18.2 Å². The van der Waals surface area contributed by atoms with Crippen LogP contribution in [0, 0.1) is 5.82 Å². The highest BCUT2D eigenvalue weighted by molar-refractivity contribution is 9.10. The molecule has 4 aromatic carbocycles. The van der Waals surface area contributed by atoms with Gasteiger partial charge in [-0.25, -0.2) is 9.37 Å². The lowest BCUT2D eigenvalue weighted by atomic mass is 10.1. The van der Waals surface area contributed by atoms with Crippen LogP contribution in [0.2, 0.25) is 0 Å². The highest BCUT2D eigenvalue weighted by atomic mass is 79.9. The number of thioether (sulfide) groups is 1. The van der Waals surface area contributed by atoms with Crippen molar-refractivity contribution in [3.8, 4) is 11.3 Å². The van der Waals surface area contributed by atoms with E-state index >= 15 is 0 Å². The van der Waals surface area contributed by atoms with Crippen LogP contribution in [0.5, 0.6) is 0 Å². The van der Waals surface area contributed by atoms with Crippen LogP contribution in [0.1, 0.15) is 21.2 Å². The molecule has 0 saturated heterocycles. The molecule has 0 fully saturated rings. The standard InChI is InChI=1S/C30H21BrFN3O2S2/c31-21-12-10-19(11-13-21)26-18-38-30(34-26)35-29(37)27(20-6-2-1-3-7-20)39-23-16-14-22(15-17-23)33-28(36)24-8-4-5-9-25(24)32/h1-18,27H,(H,33,36)(H,34,35,37). The number of anilines is 2. The lowest BCUT2D eigenvalue weighted by Gasteiger charge is -2.16. The quantitative estimate of drug-likeness (QED) is 0.171. The zero-order valence-corrected chi connectivity index (χ0v) is 23.5. The lowest BCUT2D eigenvalue weighted by Crippen LogP contribution is -2.19. The Labute approximate surface area is 241 Å². The topological polar surface area (TPSA) is 71.1 Å². The summed E-state index contributed by atoms with van der Waals surface area (Å²) in [6.07, 6.45) is 0. The van der Waals surface area contributed by atoms with Gasteiger partial charge in [-0.1, -0.05) is 70.5 Å². The minimum absolute atomic E-state index is 0.0257. The van der Waals surface area contributed by atoms with Crippen molar-refractivity contribution >= 4 is 61.7 Å². The lowest BCUT2D eigenvalue weighted by molar-refractivity contribution is -0.115. The maximum Gasteiger partial charge on any atom is 0.258 e. The second-order valence-corrected chi connectivity index (χ2v) is 11.4. The van der Waals surface area contributed by atoms with Gasteiger partial charge in [0.15, 0.2) is 5.13 Å². The molecule has 2 N–H and O–H groups in total. The number of thiazole rings is 1. The smallest absolute Gasteiger partial charge is 0.258 e. The maximum atomic E-state index is 13.9. The Balaban J connectivity index is 1.30. The average Bonchev–Trinajstić information content (AvgIpc) is 3.42. The molecule has 0 spiro atoms. The van der Waals surface area contributed by atoms with Gasteiger partial charge in [0.05, 0.1) is 11.3 Å². The van der Waals surface area contributed by atoms with Gasteiger partial charge in [-0.15, -0.1) is 23.1 Å². The summed E-state index contributed by atoms with van der Waals surface area (Å²) in [4.78, 5) is 31.3. The predicted molar refractivity (Wildman–Crippen MR) is 160 cm³/mol. The molecule has 0 aliphatic carbocycles. The molecule has 1 aromatic heterocycles. The van der Waals surface area contributed by atoms with Gasteiger partial charge in [-0.2, -0.15) is 0 Å². The normalized spacial score (nSPS) is 11.5. The van der Waals surface area contributed by atoms with Crippen molar-refractivity contribution in [2.75, 3.05) is 10.6 Å². The van der Waals surface area contributed by atoms with E-state index in [1.807, 2.05) is 72.1 Å². The van der Waals surface area contributed by atoms with Crippen molar-refractivity contribution in [3.05, 3.63) is 130 Å². The molecule has 9 heteroatoms. The number of hydrogen-bond acceptors (Lipinski definition) is 5. The van der Waals surface area contributed by atoms with E-state index in [4.69, 9.17) is 0 Å². The summed E-state index contributed by atoms with van der Waals surface area (Å²) in [7, 11) is 0. The van der Waals surface area contributed by atoms with Gasteiger partial charge < -0.3 is 10.6 Å². The number of carbonyl (C=O) groups is 2. The summed E-state index contributed by atoms with van der Waals surface area (Å²) in [6, 6.07) is 30.3. The van der Waals surface area contributed by atoms with Gasteiger partial charge >= 0.3 is 0 Å². The van der Waals surface area contributed by atoms with Crippen LogP contribution in [0.25, 0.3) is 11.3 Å². The minimum Gasteiger partial charge on any atom is -0.322 e. The van der Waals surface area contributed by atoms with E-state index in [1.165, 1.54) is 41.3 Å². The molecule has 5 aromatic rings. The zero-order chi connectivity index (χ0) is 27.2. The minimum atomic E-state index is -0.580. The Morgan fingerprint density at radius 3 is 2.26 bits per heavy atom. The van der Waals surface area contributed by atoms with Crippen LogP contribution in [0.15, 0.2) is 118 Å². The molecule has 2 amide bonds. The molecule has 0 bridgehead atoms. The van der Waals surface area contributed by atoms with E-state index < -0.39 is 17.0 Å². The van der Waals surface area contributed by atoms with Crippen molar-refractivity contribution < 1.29 is 14.0 Å². The molecule has 5 nitrogen and oxygen atoms in total. The zero-order valence-electron chi connectivity index (χ0n) is 20.3. The molecule has 0 saturated carbocycles. The van der Waals surface area contributed by atoms with Crippen LogP contribution in [-0.2, 0) is 4.79 Å². The van der Waals surface area contributed by atoms with Crippen LogP contribution in [-0.4, -0.2) is 16.8 Å². The SMILES string of the molecule is O=C(Nc1ccc(SC(C(=O)Nc2nc(-c3ccc(Br)cc3)cs2)c2ccccc2)cc1)c1ccccc1F. The molecule has 1 unspecified atom stereocenters. The summed E-state index contributed by atoms with van der Waals surface area (Å²) in [5.74, 6) is -1.30. The van der Waals surface area contributed by atoms with Crippen LogP contribution < -0.4 is 10.6 Å². The van der Waals surface area contributed by atoms with E-state index in [0.29, 0.717) is 10.8 Å². The highest BCUT2D eigenvalue weighted by Gasteiger charge is 2.23. The number of benzene rings is 4. The monoisotopic (exact) mass is 617 g/mol. The van der Waals surface area contributed by atoms with Gasteiger partial charge in [0.2, 0.25) is 5.91 Å². The Hall–Kier alpha value is -3.79. The van der Waals surface area contributed by atoms with Gasteiger partial charge in [-0.05, 0) is 54.1 Å². The van der Waals surface area contributed by atoms with Gasteiger partial charge in [0.1, 0.15) is 11.1 Å². The number of carbonyl (C=O) groups excluding carboxylic acids is 2. The Morgan fingerprint density at radius 1 is 0.846 bits per heavy atom. The first-order valence-corrected chi connectivity index (χ1v) is 14.4. The van der Waals surface area contributed by atoms with Crippen molar-refractivity contribution in [2.45, 2.75) is 10.1 Å². The molecule has 1 atom stereocenters. The van der Waals surface area contributed by atoms with Crippen LogP contribution in [0.4, 0.5) is 15.2 Å². The fourth-order valence-corrected chi connectivity index (χ4v) is 5.76. The molecule has 0 aliphatic rings. The Bertz CT molecular complexity index is 1590. The molecule has 39 heavy (non-hydrogen) atoms. The number of amides is 2. The first-order valence-electron chi connectivity index (χ1n) is 11.9. The largest absolute Gasteiger partial charge is 0.322 e. The number of aromatic nitrogens is 1. The van der Waals surface area contributed by atoms with Gasteiger partial charge in [0, 0.05) is 26.0 Å². The summed E-state index contributed by atoms with van der Waals surface area (Å²) in [5.41, 5.74) is 3.10. The first-order chi connectivity index (χ1) is 19.0. The molecule has 0 radical (unpaired) electrons. The summed E-state index contributed by atoms with van der Waals surface area (Å²) in [6.45, 7) is 0. The van der Waals surface area contributed by atoms with Crippen LogP contribution >= 0.6 is 39.0 Å². The fourth-order valence-electron chi connectivity index (χ4n) is 3.75. The molecular formula is C30H21BrFN3O2S2. The third-order valence-corrected chi connectivity index (χ3v) is 8.25. The summed E-state index contributed by atoms with van der Waals surface area (Å²) < 4.78 is 14.9. The number of nitrogens with one attached hydrogen (secondary N) is 2. The molecular weight excluding hydrogens is 597 g/mol. The summed E-state index contributed by atoms with van der Waals surface area (Å²) >= 11 is 6.20. The van der Waals surface area contributed by atoms with Crippen molar-refractivity contribution in [3.63, 3.8) is 0 Å². The number of halogens is 2. The first kappa shape index (κ1) is 26.8. The second-order valence-electron chi connectivity index (χ2n) is 8.40. The predicted octanol–water partition coefficient (Wildman–Crippen LogP) is 8.44. The molecule has 1 heterocycles. The van der Waals surface area contributed by atoms with E-state index in [2.05, 4.69) is 31.5 Å². The maximum absolute atomic E-state index is 13.9. The summed E-state index contributed by atoms with van der Waals surface area (Å²) in [5, 5.41) is 7.57. The third kappa shape index (κ3) is 6.81. The van der Waals surface area contributed by atoms with Crippen molar-refractivity contribution in [1.82, 2.24) is 4.98 Å². The second kappa shape index (κ2) is 12.4. The molecule has 194 valence electrons. The van der Waals surface area contributed by atoms with Crippen molar-refractivity contribution in [1.29, 1.82) is 0 Å². The van der Waals surface area contributed by atoms with E-state index in [9.17, 15) is 14.0 Å². The van der Waals surface area contributed by atoms with Gasteiger partial charge in [-0.3, -0.25) is 9.59 Å². The number of hydrogen-bond donors (Lipinski definition) is 2. The van der Waals surface area contributed by atoms with E-state index in [-0.39, 0.29) is 11.5 Å². The van der Waals surface area contributed by atoms with E-state index in [0.717, 1.165) is 26.2 Å². The van der Waals surface area contributed by atoms with Crippen molar-refractivity contribution in [2.24, 2.45) is 0 Å². The third-order valence-electron chi connectivity index (χ3n) is 5.70. The van der Waals surface area contributed by atoms with Crippen LogP contribution in [0.3, 0.4) is 0 Å². The molecule has 5 rings (SSSR count). The number of nitrogens with zero attached hydrogens (tertiary/aromatic N) is 1. The highest BCUT2D eigenvalue weighted by Crippen LogP contribution is 2.37.